The zero-order valence-electron chi connectivity index (χ0n) is 14.7. The first-order chi connectivity index (χ1) is 12.4. The van der Waals surface area contributed by atoms with Gasteiger partial charge in [0.1, 0.15) is 18.6 Å². The van der Waals surface area contributed by atoms with Crippen molar-refractivity contribution < 1.29 is 33.9 Å². The van der Waals surface area contributed by atoms with Crippen molar-refractivity contribution >= 4 is 35.5 Å². The number of carboxylic acid groups (broad SMARTS) is 1. The van der Waals surface area contributed by atoms with E-state index in [9.17, 15) is 28.8 Å². The van der Waals surface area contributed by atoms with Gasteiger partial charge in [-0.2, -0.15) is 0 Å². The van der Waals surface area contributed by atoms with E-state index in [2.05, 4.69) is 16.0 Å². The third-order valence-electron chi connectivity index (χ3n) is 3.24. The first kappa shape index (κ1) is 23.8. The number of carbonyl (C=O) groups is 6. The van der Waals surface area contributed by atoms with Crippen LogP contribution in [0.3, 0.4) is 0 Å². The molecule has 10 N–H and O–H groups in total. The highest BCUT2D eigenvalue weighted by Crippen LogP contribution is 1.99. The molecule has 152 valence electrons. The molecule has 0 rings (SSSR count). The maximum absolute atomic E-state index is 12.2. The highest BCUT2D eigenvalue weighted by atomic mass is 16.4. The summed E-state index contributed by atoms with van der Waals surface area (Å²) in [7, 11) is 0. The fourth-order valence-electron chi connectivity index (χ4n) is 1.83. The van der Waals surface area contributed by atoms with Crippen LogP contribution >= 0.6 is 0 Å². The minimum Gasteiger partial charge on any atom is -0.480 e. The summed E-state index contributed by atoms with van der Waals surface area (Å²) in [5.74, 6) is -5.26. The van der Waals surface area contributed by atoms with Gasteiger partial charge < -0.3 is 38.3 Å². The number of hydrogen-bond acceptors (Lipinski definition) is 7. The molecule has 0 aliphatic heterocycles. The first-order valence-electron chi connectivity index (χ1n) is 7.86. The van der Waals surface area contributed by atoms with E-state index < -0.39 is 66.6 Å². The smallest absolute Gasteiger partial charge is 0.322 e. The van der Waals surface area contributed by atoms with E-state index in [-0.39, 0.29) is 12.8 Å². The number of carboxylic acids is 1. The Morgan fingerprint density at radius 1 is 0.926 bits per heavy atom. The van der Waals surface area contributed by atoms with Crippen molar-refractivity contribution in [3.05, 3.63) is 0 Å². The van der Waals surface area contributed by atoms with Crippen LogP contribution < -0.4 is 33.2 Å². The third-order valence-corrected chi connectivity index (χ3v) is 3.24. The third kappa shape index (κ3) is 10.4. The van der Waals surface area contributed by atoms with E-state index in [1.54, 1.807) is 0 Å². The van der Waals surface area contributed by atoms with Gasteiger partial charge >= 0.3 is 5.97 Å². The number of nitrogens with one attached hydrogen (secondary N) is 3. The van der Waals surface area contributed by atoms with Crippen molar-refractivity contribution in [1.29, 1.82) is 0 Å². The van der Waals surface area contributed by atoms with E-state index in [0.29, 0.717) is 0 Å². The Morgan fingerprint density at radius 3 is 2.00 bits per heavy atom. The summed E-state index contributed by atoms with van der Waals surface area (Å²) in [5, 5.41) is 15.2. The van der Waals surface area contributed by atoms with Crippen LogP contribution in [-0.2, 0) is 28.8 Å². The summed E-state index contributed by atoms with van der Waals surface area (Å²) in [6.07, 6.45) is -0.830. The van der Waals surface area contributed by atoms with Crippen LogP contribution in [0.5, 0.6) is 0 Å². The molecule has 13 heteroatoms. The lowest BCUT2D eigenvalue weighted by Gasteiger charge is -2.21. The van der Waals surface area contributed by atoms with Gasteiger partial charge in [0.25, 0.3) is 0 Å². The second-order valence-corrected chi connectivity index (χ2v) is 5.68. The summed E-state index contributed by atoms with van der Waals surface area (Å²) in [6.45, 7) is 0.612. The van der Waals surface area contributed by atoms with Gasteiger partial charge in [0.2, 0.25) is 29.5 Å². The van der Waals surface area contributed by atoms with Crippen molar-refractivity contribution in [3.8, 4) is 0 Å². The molecule has 0 aliphatic carbocycles. The molecule has 0 spiro atoms. The van der Waals surface area contributed by atoms with Gasteiger partial charge in [0.15, 0.2) is 0 Å². The SMILES string of the molecule is CC(NC(=O)C(N)CC(N)=O)C(=O)NC(CCC(N)=O)C(=O)NCC(=O)O. The van der Waals surface area contributed by atoms with Gasteiger partial charge in [0, 0.05) is 6.42 Å². The van der Waals surface area contributed by atoms with Crippen molar-refractivity contribution in [2.24, 2.45) is 17.2 Å². The fourth-order valence-corrected chi connectivity index (χ4v) is 1.83. The minimum absolute atomic E-state index is 0.172. The van der Waals surface area contributed by atoms with E-state index >= 15 is 0 Å². The molecule has 3 unspecified atom stereocenters. The van der Waals surface area contributed by atoms with Gasteiger partial charge in [-0.25, -0.2) is 0 Å². The number of rotatable bonds is 12. The highest BCUT2D eigenvalue weighted by molar-refractivity contribution is 5.94. The van der Waals surface area contributed by atoms with Crippen molar-refractivity contribution in [3.63, 3.8) is 0 Å². The Morgan fingerprint density at radius 2 is 1.52 bits per heavy atom. The Hall–Kier alpha value is -3.22. The van der Waals surface area contributed by atoms with Crippen molar-refractivity contribution in [2.75, 3.05) is 6.54 Å². The summed E-state index contributed by atoms with van der Waals surface area (Å²) in [5.41, 5.74) is 15.4. The van der Waals surface area contributed by atoms with Gasteiger partial charge in [-0.15, -0.1) is 0 Å². The zero-order chi connectivity index (χ0) is 21.1. The molecular weight excluding hydrogens is 364 g/mol. The molecule has 3 atom stereocenters. The molecule has 0 aromatic carbocycles. The molecule has 13 nitrogen and oxygen atoms in total. The number of amides is 5. The average Bonchev–Trinajstić information content (AvgIpc) is 2.54. The molecule has 0 bridgehead atoms. The standard InChI is InChI=1S/C14H24N6O7/c1-6(19-13(26)7(15)4-10(17)22)12(25)20-8(2-3-9(16)21)14(27)18-5-11(23)24/h6-8H,2-5,15H2,1H3,(H2,16,21)(H2,17,22)(H,18,27)(H,19,26)(H,20,25)(H,23,24). The topological polar surface area (TPSA) is 237 Å². The van der Waals surface area contributed by atoms with Crippen LogP contribution in [0.2, 0.25) is 0 Å². The molecule has 27 heavy (non-hydrogen) atoms. The summed E-state index contributed by atoms with van der Waals surface area (Å²) in [4.78, 5) is 68.1. The normalized spacial score (nSPS) is 13.6. The number of nitrogens with two attached hydrogens (primary N) is 3. The summed E-state index contributed by atoms with van der Waals surface area (Å²) < 4.78 is 0. The van der Waals surface area contributed by atoms with Crippen LogP contribution in [-0.4, -0.2) is 65.3 Å². The van der Waals surface area contributed by atoms with Crippen LogP contribution in [0, 0.1) is 0 Å². The molecule has 0 aliphatic rings. The Balaban J connectivity index is 4.86. The van der Waals surface area contributed by atoms with E-state index in [4.69, 9.17) is 22.3 Å². The number of hydrogen-bond donors (Lipinski definition) is 7. The number of primary amides is 2. The highest BCUT2D eigenvalue weighted by Gasteiger charge is 2.26. The Bertz CT molecular complexity index is 609. The molecule has 0 saturated carbocycles. The average molecular weight is 388 g/mol. The number of carbonyl (C=O) groups excluding carboxylic acids is 5. The maximum Gasteiger partial charge on any atom is 0.322 e. The predicted molar refractivity (Wildman–Crippen MR) is 90.4 cm³/mol. The molecule has 0 aromatic heterocycles. The van der Waals surface area contributed by atoms with E-state index in [0.717, 1.165) is 0 Å². The lowest BCUT2D eigenvalue weighted by atomic mass is 10.1. The molecule has 0 radical (unpaired) electrons. The van der Waals surface area contributed by atoms with E-state index in [1.165, 1.54) is 6.92 Å². The number of aliphatic carboxylic acids is 1. The first-order valence-corrected chi connectivity index (χ1v) is 7.86. The zero-order valence-corrected chi connectivity index (χ0v) is 14.7. The molecule has 0 heterocycles. The van der Waals surface area contributed by atoms with Gasteiger partial charge in [0.05, 0.1) is 12.5 Å². The van der Waals surface area contributed by atoms with Gasteiger partial charge in [-0.3, -0.25) is 28.8 Å². The van der Waals surface area contributed by atoms with Crippen molar-refractivity contribution in [2.45, 2.75) is 44.3 Å². The minimum atomic E-state index is -1.30. The van der Waals surface area contributed by atoms with Crippen LogP contribution in [0.4, 0.5) is 0 Å². The van der Waals surface area contributed by atoms with Crippen LogP contribution in [0.15, 0.2) is 0 Å². The lowest BCUT2D eigenvalue weighted by molar-refractivity contribution is -0.138. The largest absolute Gasteiger partial charge is 0.480 e. The van der Waals surface area contributed by atoms with Crippen LogP contribution in [0.1, 0.15) is 26.2 Å². The Labute approximate surface area is 154 Å². The molecule has 0 fully saturated rings. The maximum atomic E-state index is 12.2. The van der Waals surface area contributed by atoms with Gasteiger partial charge in [-0.05, 0) is 13.3 Å². The molecule has 5 amide bonds. The van der Waals surface area contributed by atoms with Crippen molar-refractivity contribution in [1.82, 2.24) is 16.0 Å². The second-order valence-electron chi connectivity index (χ2n) is 5.68. The summed E-state index contributed by atoms with van der Waals surface area (Å²) in [6, 6.07) is -3.63. The molecule has 0 aromatic rings. The van der Waals surface area contributed by atoms with Gasteiger partial charge in [-0.1, -0.05) is 0 Å². The van der Waals surface area contributed by atoms with Crippen LogP contribution in [0.25, 0.3) is 0 Å². The summed E-state index contributed by atoms with van der Waals surface area (Å²) >= 11 is 0. The Kier molecular flexibility index (Phi) is 10.0. The quantitative estimate of drug-likeness (QED) is 0.172. The monoisotopic (exact) mass is 388 g/mol. The molecule has 0 saturated heterocycles. The second kappa shape index (κ2) is 11.4. The fraction of sp³-hybridized carbons (Fsp3) is 0.571. The lowest BCUT2D eigenvalue weighted by Crippen LogP contribution is -2.55. The molecular formula is C14H24N6O7. The van der Waals surface area contributed by atoms with E-state index in [1.807, 2.05) is 0 Å². The predicted octanol–water partition coefficient (Wildman–Crippen LogP) is -4.36.